The highest BCUT2D eigenvalue weighted by Crippen LogP contribution is 2.62. The molecule has 6 heterocycles. The molecule has 0 aromatic carbocycles. The summed E-state index contributed by atoms with van der Waals surface area (Å²) in [5.41, 5.74) is 0.654. The maximum Gasteiger partial charge on any atom is 0.201 e. The highest BCUT2D eigenvalue weighted by Gasteiger charge is 2.69. The van der Waals surface area contributed by atoms with Crippen molar-refractivity contribution in [2.24, 2.45) is 23.7 Å². The molecule has 0 N–H and O–H groups in total. The number of ether oxygens (including phenoxy) is 2. The molecule has 7 rings (SSSR count). The fourth-order valence-corrected chi connectivity index (χ4v) is 6.64. The molecule has 2 aromatic heterocycles. The number of fused-ring (bicyclic) bond motifs is 2. The van der Waals surface area contributed by atoms with Crippen LogP contribution in [0.5, 0.6) is 0 Å². The van der Waals surface area contributed by atoms with Crippen molar-refractivity contribution in [3.05, 3.63) is 48.2 Å². The molecular weight excluding hydrogens is 382 g/mol. The van der Waals surface area contributed by atoms with Crippen LogP contribution in [0.15, 0.2) is 41.1 Å². The Hall–Kier alpha value is -1.60. The fourth-order valence-electron chi connectivity index (χ4n) is 6.64. The summed E-state index contributed by atoms with van der Waals surface area (Å²) in [6.07, 6.45) is 7.57. The minimum atomic E-state index is -0.737. The smallest absolute Gasteiger partial charge is 0.201 e. The van der Waals surface area contributed by atoms with E-state index in [4.69, 9.17) is 23.7 Å². The van der Waals surface area contributed by atoms with Gasteiger partial charge in [0.05, 0.1) is 12.8 Å². The van der Waals surface area contributed by atoms with Gasteiger partial charge in [-0.1, -0.05) is 13.8 Å². The Morgan fingerprint density at radius 2 is 1.97 bits per heavy atom. The molecule has 1 aliphatic carbocycles. The molecule has 2 bridgehead atoms. The summed E-state index contributed by atoms with van der Waals surface area (Å²) in [7, 11) is 0. The SMILES string of the molecule is C[C@H]1[C@H](c2cccn2Cc2ccco2)O[C@@H]2O[C@]3(C)CC[C@H]4[C@H](C)CC[C@@H]1[C@@]24OO3. The van der Waals surface area contributed by atoms with Gasteiger partial charge in [-0.05, 0) is 68.2 Å². The van der Waals surface area contributed by atoms with E-state index in [1.54, 1.807) is 6.26 Å². The van der Waals surface area contributed by atoms with Gasteiger partial charge >= 0.3 is 0 Å². The molecule has 162 valence electrons. The van der Waals surface area contributed by atoms with Gasteiger partial charge in [0.25, 0.3) is 0 Å². The summed E-state index contributed by atoms with van der Waals surface area (Å²) >= 11 is 0. The summed E-state index contributed by atoms with van der Waals surface area (Å²) in [6, 6.07) is 8.19. The normalized spacial score (nSPS) is 45.2. The number of hydrogen-bond donors (Lipinski definition) is 0. The minimum absolute atomic E-state index is 0.0591. The van der Waals surface area contributed by atoms with E-state index in [1.807, 2.05) is 19.1 Å². The zero-order valence-electron chi connectivity index (χ0n) is 18.0. The Morgan fingerprint density at radius 1 is 1.07 bits per heavy atom. The van der Waals surface area contributed by atoms with Crippen LogP contribution in [0, 0.1) is 23.7 Å². The summed E-state index contributed by atoms with van der Waals surface area (Å²) in [5.74, 6) is 1.79. The summed E-state index contributed by atoms with van der Waals surface area (Å²) < 4.78 is 21.1. The van der Waals surface area contributed by atoms with E-state index in [0.29, 0.717) is 24.3 Å². The molecular formula is C24H31NO5. The van der Waals surface area contributed by atoms with Crippen LogP contribution in [-0.4, -0.2) is 22.2 Å². The van der Waals surface area contributed by atoms with Crippen molar-refractivity contribution >= 4 is 0 Å². The second kappa shape index (κ2) is 6.70. The van der Waals surface area contributed by atoms with Crippen LogP contribution in [0.4, 0.5) is 0 Å². The Morgan fingerprint density at radius 3 is 2.80 bits per heavy atom. The van der Waals surface area contributed by atoms with Gasteiger partial charge < -0.3 is 18.5 Å². The van der Waals surface area contributed by atoms with Crippen molar-refractivity contribution < 1.29 is 23.7 Å². The van der Waals surface area contributed by atoms with Gasteiger partial charge in [0.1, 0.15) is 11.9 Å². The van der Waals surface area contributed by atoms with Crippen LogP contribution in [0.3, 0.4) is 0 Å². The number of hydrogen-bond acceptors (Lipinski definition) is 5. The molecule has 0 amide bonds. The van der Waals surface area contributed by atoms with Crippen LogP contribution >= 0.6 is 0 Å². The van der Waals surface area contributed by atoms with Crippen LogP contribution in [0.1, 0.15) is 64.0 Å². The highest BCUT2D eigenvalue weighted by molar-refractivity contribution is 5.18. The maximum atomic E-state index is 6.78. The largest absolute Gasteiger partial charge is 0.467 e. The average molecular weight is 414 g/mol. The monoisotopic (exact) mass is 413 g/mol. The quantitative estimate of drug-likeness (QED) is 0.659. The van der Waals surface area contributed by atoms with Gasteiger partial charge in [0.2, 0.25) is 5.79 Å². The van der Waals surface area contributed by atoms with Gasteiger partial charge in [-0.15, -0.1) is 0 Å². The van der Waals surface area contributed by atoms with Gasteiger partial charge in [-0.25, -0.2) is 9.78 Å². The van der Waals surface area contributed by atoms with Crippen LogP contribution < -0.4 is 0 Å². The summed E-state index contributed by atoms with van der Waals surface area (Å²) in [4.78, 5) is 12.2. The maximum absolute atomic E-state index is 6.78. The zero-order chi connectivity index (χ0) is 20.5. The molecule has 2 aromatic rings. The molecule has 4 saturated heterocycles. The molecule has 0 unspecified atom stereocenters. The number of nitrogens with zero attached hydrogens (tertiary/aromatic N) is 1. The van der Waals surface area contributed by atoms with Gasteiger partial charge in [-0.3, -0.25) is 0 Å². The van der Waals surface area contributed by atoms with Crippen molar-refractivity contribution in [3.63, 3.8) is 0 Å². The zero-order valence-corrected chi connectivity index (χ0v) is 18.0. The van der Waals surface area contributed by atoms with Crippen LogP contribution in [-0.2, 0) is 25.8 Å². The predicted molar refractivity (Wildman–Crippen MR) is 108 cm³/mol. The van der Waals surface area contributed by atoms with Gasteiger partial charge in [-0.2, -0.15) is 0 Å². The van der Waals surface area contributed by atoms with Crippen molar-refractivity contribution in [1.29, 1.82) is 0 Å². The molecule has 4 aliphatic heterocycles. The fraction of sp³-hybridized carbons (Fsp3) is 0.667. The van der Waals surface area contributed by atoms with E-state index in [9.17, 15) is 0 Å². The van der Waals surface area contributed by atoms with Crippen molar-refractivity contribution in [1.82, 2.24) is 4.57 Å². The number of rotatable bonds is 3. The average Bonchev–Trinajstić information content (AvgIpc) is 3.35. The predicted octanol–water partition coefficient (Wildman–Crippen LogP) is 5.05. The van der Waals surface area contributed by atoms with E-state index >= 15 is 0 Å². The third-order valence-electron chi connectivity index (χ3n) is 8.22. The van der Waals surface area contributed by atoms with Crippen molar-refractivity contribution in [2.75, 3.05) is 0 Å². The highest BCUT2D eigenvalue weighted by atomic mass is 17.3. The lowest BCUT2D eigenvalue weighted by molar-refractivity contribution is -0.571. The number of aromatic nitrogens is 1. The van der Waals surface area contributed by atoms with Crippen molar-refractivity contribution in [3.8, 4) is 0 Å². The van der Waals surface area contributed by atoms with Gasteiger partial charge in [0.15, 0.2) is 11.9 Å². The van der Waals surface area contributed by atoms with Crippen LogP contribution in [0.25, 0.3) is 0 Å². The molecule has 5 aliphatic rings. The molecule has 0 radical (unpaired) electrons. The van der Waals surface area contributed by atoms with Crippen molar-refractivity contribution in [2.45, 2.75) is 76.8 Å². The topological polar surface area (TPSA) is 55.0 Å². The second-order valence-electron chi connectivity index (χ2n) is 9.97. The molecule has 1 spiro atoms. The third kappa shape index (κ3) is 2.63. The lowest BCUT2D eigenvalue weighted by Gasteiger charge is -2.60. The first-order valence-electron chi connectivity index (χ1n) is 11.4. The van der Waals surface area contributed by atoms with Crippen LogP contribution in [0.2, 0.25) is 0 Å². The Labute approximate surface area is 177 Å². The molecule has 1 saturated carbocycles. The Bertz CT molecular complexity index is 909. The Balaban J connectivity index is 1.38. The first kappa shape index (κ1) is 19.1. The van der Waals surface area contributed by atoms with E-state index < -0.39 is 17.7 Å². The molecule has 30 heavy (non-hydrogen) atoms. The lowest BCUT2D eigenvalue weighted by atomic mass is 9.57. The Kier molecular flexibility index (Phi) is 4.27. The molecule has 8 atom stereocenters. The van der Waals surface area contributed by atoms with Gasteiger partial charge in [0, 0.05) is 24.2 Å². The lowest BCUT2D eigenvalue weighted by Crippen LogP contribution is -2.69. The van der Waals surface area contributed by atoms with E-state index in [0.717, 1.165) is 25.0 Å². The first-order chi connectivity index (χ1) is 14.5. The molecule has 6 nitrogen and oxygen atoms in total. The standard InChI is InChI=1S/C24H31NO5/c1-15-8-9-19-16(2)21(20-7-4-12-25(20)14-17-6-5-13-26-17)27-22-24(19)18(15)10-11-23(3,28-22)29-30-24/h4-7,12-13,15-16,18-19,21-22H,8-11,14H2,1-3H3/t15-,16-,18+,19+,21-,22-,23+,24-/m1/s1. The van der Waals surface area contributed by atoms with E-state index in [-0.39, 0.29) is 12.0 Å². The molecule has 5 fully saturated rings. The molecule has 6 heteroatoms. The third-order valence-corrected chi connectivity index (χ3v) is 8.22. The van der Waals surface area contributed by atoms with E-state index in [2.05, 4.69) is 36.7 Å². The summed E-state index contributed by atoms with van der Waals surface area (Å²) in [5, 5.41) is 0. The minimum Gasteiger partial charge on any atom is -0.467 e. The summed E-state index contributed by atoms with van der Waals surface area (Å²) in [6.45, 7) is 7.33. The first-order valence-corrected chi connectivity index (χ1v) is 11.4. The van der Waals surface area contributed by atoms with E-state index in [1.165, 1.54) is 12.1 Å². The second-order valence-corrected chi connectivity index (χ2v) is 9.97. The number of furan rings is 1.